The fourth-order valence-corrected chi connectivity index (χ4v) is 1.68. The van der Waals surface area contributed by atoms with Crippen LogP contribution in [0.1, 0.15) is 30.6 Å². The molecule has 1 rings (SSSR count). The molecular weight excluding hydrogens is 295 g/mol. The van der Waals surface area contributed by atoms with Crippen LogP contribution in [0.4, 0.5) is 15.8 Å². The monoisotopic (exact) mass is 312 g/mol. The van der Waals surface area contributed by atoms with Crippen LogP contribution in [0.5, 0.6) is 0 Å². The normalized spacial score (nSPS) is 11.6. The molecule has 8 nitrogen and oxygen atoms in total. The minimum Gasteiger partial charge on any atom is -0.393 e. The van der Waals surface area contributed by atoms with Crippen LogP contribution in [0.15, 0.2) is 12.1 Å². The molecule has 22 heavy (non-hydrogen) atoms. The first-order valence-corrected chi connectivity index (χ1v) is 6.59. The summed E-state index contributed by atoms with van der Waals surface area (Å²) >= 11 is 0. The van der Waals surface area contributed by atoms with Gasteiger partial charge in [0, 0.05) is 6.54 Å². The number of carbonyl (C=O) groups is 2. The molecule has 0 heterocycles. The molecule has 0 aliphatic rings. The Morgan fingerprint density at radius 2 is 2.09 bits per heavy atom. The quantitative estimate of drug-likeness (QED) is 0.409. The van der Waals surface area contributed by atoms with E-state index < -0.39 is 40.0 Å². The molecule has 120 valence electrons. The molecule has 1 atom stereocenters. The van der Waals surface area contributed by atoms with Gasteiger partial charge in [0.15, 0.2) is 0 Å². The minimum absolute atomic E-state index is 0.387. The van der Waals surface area contributed by atoms with Crippen molar-refractivity contribution in [2.45, 2.75) is 26.3 Å². The van der Waals surface area contributed by atoms with Gasteiger partial charge in [-0.2, -0.15) is 0 Å². The Labute approximate surface area is 126 Å². The number of halogens is 1. The maximum Gasteiger partial charge on any atom is 0.295 e. The molecule has 0 aliphatic carbocycles. The second-order valence-electron chi connectivity index (χ2n) is 4.63. The number of rotatable bonds is 6. The smallest absolute Gasteiger partial charge is 0.295 e. The summed E-state index contributed by atoms with van der Waals surface area (Å²) in [7, 11) is 0. The van der Waals surface area contributed by atoms with E-state index in [0.29, 0.717) is 12.6 Å². The van der Waals surface area contributed by atoms with E-state index in [1.165, 1.54) is 6.92 Å². The maximum absolute atomic E-state index is 13.4. The van der Waals surface area contributed by atoms with Crippen molar-refractivity contribution in [3.63, 3.8) is 0 Å². The summed E-state index contributed by atoms with van der Waals surface area (Å²) in [6, 6.07) is 0.526. The van der Waals surface area contributed by atoms with Crippen LogP contribution in [-0.4, -0.2) is 29.3 Å². The minimum atomic E-state index is -0.964. The zero-order chi connectivity index (χ0) is 16.9. The maximum atomic E-state index is 13.4. The first-order valence-electron chi connectivity index (χ1n) is 6.59. The van der Waals surface area contributed by atoms with Gasteiger partial charge >= 0.3 is 0 Å². The van der Waals surface area contributed by atoms with Crippen LogP contribution in [0.25, 0.3) is 0 Å². The van der Waals surface area contributed by atoms with E-state index in [1.807, 2.05) is 6.92 Å². The van der Waals surface area contributed by atoms with Crippen molar-refractivity contribution >= 4 is 23.2 Å². The summed E-state index contributed by atoms with van der Waals surface area (Å²) in [5.41, 5.74) is 3.97. The van der Waals surface area contributed by atoms with Crippen molar-refractivity contribution in [1.82, 2.24) is 10.6 Å². The summed E-state index contributed by atoms with van der Waals surface area (Å²) in [5, 5.41) is 15.7. The van der Waals surface area contributed by atoms with Gasteiger partial charge in [-0.05, 0) is 19.4 Å². The molecule has 0 aliphatic heterocycles. The van der Waals surface area contributed by atoms with Crippen LogP contribution >= 0.6 is 0 Å². The molecule has 0 fully saturated rings. The van der Waals surface area contributed by atoms with Crippen LogP contribution < -0.4 is 16.4 Å². The predicted molar refractivity (Wildman–Crippen MR) is 77.7 cm³/mol. The van der Waals surface area contributed by atoms with Crippen LogP contribution in [0.3, 0.4) is 0 Å². The number of nitrogens with one attached hydrogen (secondary N) is 2. The first kappa shape index (κ1) is 17.3. The van der Waals surface area contributed by atoms with Gasteiger partial charge in [-0.15, -0.1) is 0 Å². The van der Waals surface area contributed by atoms with Crippen molar-refractivity contribution in [1.29, 1.82) is 0 Å². The summed E-state index contributed by atoms with van der Waals surface area (Å²) in [6.07, 6.45) is 0.732. The number of hydrogen-bond donors (Lipinski definition) is 3. The number of nitrogen functional groups attached to an aromatic ring is 1. The number of benzene rings is 1. The van der Waals surface area contributed by atoms with Gasteiger partial charge in [0.2, 0.25) is 5.91 Å². The van der Waals surface area contributed by atoms with Gasteiger partial charge < -0.3 is 16.4 Å². The summed E-state index contributed by atoms with van der Waals surface area (Å²) in [5.74, 6) is -2.24. The number of carbonyl (C=O) groups excluding carboxylic acids is 2. The van der Waals surface area contributed by atoms with Crippen molar-refractivity contribution in [3.05, 3.63) is 33.6 Å². The third-order valence-corrected chi connectivity index (χ3v) is 2.85. The summed E-state index contributed by atoms with van der Waals surface area (Å²) in [6.45, 7) is 3.76. The highest BCUT2D eigenvalue weighted by molar-refractivity contribution is 6.02. The zero-order valence-electron chi connectivity index (χ0n) is 12.2. The van der Waals surface area contributed by atoms with Gasteiger partial charge in [0.25, 0.3) is 11.6 Å². The number of nitrogens with zero attached hydrogens (tertiary/aromatic N) is 1. The summed E-state index contributed by atoms with van der Waals surface area (Å²) in [4.78, 5) is 33.6. The number of nitro groups is 1. The molecule has 2 amide bonds. The average molecular weight is 312 g/mol. The Morgan fingerprint density at radius 1 is 1.45 bits per heavy atom. The molecule has 0 spiro atoms. The molecular formula is C13H17FN4O4. The Balaban J connectivity index is 2.94. The Morgan fingerprint density at radius 3 is 2.64 bits per heavy atom. The second kappa shape index (κ2) is 7.34. The molecule has 0 aromatic heterocycles. The van der Waals surface area contributed by atoms with Gasteiger partial charge in [-0.3, -0.25) is 19.7 Å². The number of nitrogens with two attached hydrogens (primary N) is 1. The fourth-order valence-electron chi connectivity index (χ4n) is 1.68. The van der Waals surface area contributed by atoms with Gasteiger partial charge in [-0.1, -0.05) is 6.92 Å². The number of amides is 2. The SMILES string of the molecule is CCCNC(=O)[C@@H](C)NC(=O)c1cc(F)cc([N+](=O)[O-])c1N. The number of anilines is 1. The van der Waals surface area contributed by atoms with Gasteiger partial charge in [-0.25, -0.2) is 4.39 Å². The van der Waals surface area contributed by atoms with E-state index in [4.69, 9.17) is 5.73 Å². The molecule has 0 saturated carbocycles. The predicted octanol–water partition coefficient (Wildman–Crippen LogP) is 0.961. The standard InChI is InChI=1S/C13H17FN4O4/c1-3-4-16-12(19)7(2)17-13(20)9-5-8(14)6-10(11(9)15)18(21)22/h5-7H,3-4,15H2,1-2H3,(H,16,19)(H,17,20)/t7-/m1/s1. The molecule has 4 N–H and O–H groups in total. The van der Waals surface area contributed by atoms with Crippen LogP contribution in [0, 0.1) is 15.9 Å². The molecule has 0 saturated heterocycles. The van der Waals surface area contributed by atoms with E-state index in [-0.39, 0.29) is 5.56 Å². The molecule has 1 aromatic rings. The molecule has 0 bridgehead atoms. The van der Waals surface area contributed by atoms with E-state index in [1.54, 1.807) is 0 Å². The largest absolute Gasteiger partial charge is 0.393 e. The molecule has 0 unspecified atom stereocenters. The van der Waals surface area contributed by atoms with Crippen molar-refractivity contribution < 1.29 is 18.9 Å². The van der Waals surface area contributed by atoms with E-state index in [9.17, 15) is 24.1 Å². The van der Waals surface area contributed by atoms with Crippen molar-refractivity contribution in [2.24, 2.45) is 0 Å². The fraction of sp³-hybridized carbons (Fsp3) is 0.385. The second-order valence-corrected chi connectivity index (χ2v) is 4.63. The topological polar surface area (TPSA) is 127 Å². The third-order valence-electron chi connectivity index (χ3n) is 2.85. The Hall–Kier alpha value is -2.71. The lowest BCUT2D eigenvalue weighted by Gasteiger charge is -2.14. The van der Waals surface area contributed by atoms with E-state index in [2.05, 4.69) is 10.6 Å². The van der Waals surface area contributed by atoms with Crippen LogP contribution in [0.2, 0.25) is 0 Å². The zero-order valence-corrected chi connectivity index (χ0v) is 12.2. The third kappa shape index (κ3) is 4.14. The lowest BCUT2D eigenvalue weighted by molar-refractivity contribution is -0.384. The van der Waals surface area contributed by atoms with Gasteiger partial charge in [0.05, 0.1) is 16.6 Å². The van der Waals surface area contributed by atoms with E-state index in [0.717, 1.165) is 12.5 Å². The summed E-state index contributed by atoms with van der Waals surface area (Å²) < 4.78 is 13.4. The molecule has 0 radical (unpaired) electrons. The van der Waals surface area contributed by atoms with Crippen molar-refractivity contribution in [3.8, 4) is 0 Å². The Bertz CT molecular complexity index is 606. The highest BCUT2D eigenvalue weighted by atomic mass is 19.1. The highest BCUT2D eigenvalue weighted by Crippen LogP contribution is 2.26. The van der Waals surface area contributed by atoms with Gasteiger partial charge in [0.1, 0.15) is 17.5 Å². The van der Waals surface area contributed by atoms with Crippen LogP contribution in [-0.2, 0) is 4.79 Å². The number of nitro benzene ring substituents is 1. The van der Waals surface area contributed by atoms with E-state index >= 15 is 0 Å². The Kier molecular flexibility index (Phi) is 5.79. The highest BCUT2D eigenvalue weighted by Gasteiger charge is 2.24. The average Bonchev–Trinajstić information content (AvgIpc) is 2.46. The first-order chi connectivity index (χ1) is 10.3. The van der Waals surface area contributed by atoms with Crippen molar-refractivity contribution in [2.75, 3.05) is 12.3 Å². The lowest BCUT2D eigenvalue weighted by Crippen LogP contribution is -2.45. The molecule has 9 heteroatoms. The number of hydrogen-bond acceptors (Lipinski definition) is 5. The lowest BCUT2D eigenvalue weighted by atomic mass is 10.1. The molecule has 1 aromatic carbocycles.